The van der Waals surface area contributed by atoms with Crippen molar-refractivity contribution in [3.05, 3.63) is 60.4 Å². The molecule has 1 aromatic carbocycles. The van der Waals surface area contributed by atoms with Crippen LogP contribution in [0.25, 0.3) is 5.82 Å². The minimum Gasteiger partial charge on any atom is -0.352 e. The molecule has 0 spiro atoms. The monoisotopic (exact) mass is 406 g/mol. The van der Waals surface area contributed by atoms with Crippen molar-refractivity contribution in [2.45, 2.75) is 4.90 Å². The number of benzene rings is 1. The molecule has 1 aliphatic rings. The van der Waals surface area contributed by atoms with Crippen LogP contribution in [0.3, 0.4) is 0 Å². The lowest BCUT2D eigenvalue weighted by Gasteiger charge is -2.34. The normalized spacial score (nSPS) is 15.7. The first-order valence-corrected chi connectivity index (χ1v) is 9.93. The predicted octanol–water partition coefficient (Wildman–Crippen LogP) is 1.45. The Labute approximate surface area is 160 Å². The van der Waals surface area contributed by atoms with Crippen LogP contribution in [0.4, 0.5) is 14.6 Å². The number of rotatable bonds is 4. The molecule has 3 heterocycles. The number of hydrogen-bond donors (Lipinski definition) is 0. The maximum atomic E-state index is 13.4. The summed E-state index contributed by atoms with van der Waals surface area (Å²) in [6.45, 7) is 1.20. The fourth-order valence-corrected chi connectivity index (χ4v) is 4.39. The van der Waals surface area contributed by atoms with E-state index in [9.17, 15) is 17.2 Å². The largest absolute Gasteiger partial charge is 0.352 e. The van der Waals surface area contributed by atoms with Crippen LogP contribution in [-0.4, -0.2) is 58.9 Å². The molecular weight excluding hydrogens is 390 g/mol. The Kier molecular flexibility index (Phi) is 4.77. The molecule has 1 saturated heterocycles. The van der Waals surface area contributed by atoms with Crippen molar-refractivity contribution in [3.8, 4) is 5.82 Å². The molecule has 8 nitrogen and oxygen atoms in total. The van der Waals surface area contributed by atoms with E-state index in [1.807, 2.05) is 4.90 Å². The molecule has 0 unspecified atom stereocenters. The van der Waals surface area contributed by atoms with Gasteiger partial charge in [0.2, 0.25) is 10.0 Å². The molecule has 1 aliphatic heterocycles. The van der Waals surface area contributed by atoms with Gasteiger partial charge >= 0.3 is 0 Å². The summed E-state index contributed by atoms with van der Waals surface area (Å²) >= 11 is 0. The van der Waals surface area contributed by atoms with Gasteiger partial charge in [-0.15, -0.1) is 10.2 Å². The van der Waals surface area contributed by atoms with E-state index in [1.54, 1.807) is 35.3 Å². The number of piperazine rings is 1. The van der Waals surface area contributed by atoms with Crippen LogP contribution in [0.15, 0.2) is 53.7 Å². The lowest BCUT2D eigenvalue weighted by molar-refractivity contribution is 0.383. The summed E-state index contributed by atoms with van der Waals surface area (Å²) in [5.74, 6) is -1.07. The van der Waals surface area contributed by atoms with E-state index in [2.05, 4.69) is 15.3 Å². The van der Waals surface area contributed by atoms with Gasteiger partial charge in [-0.1, -0.05) is 0 Å². The lowest BCUT2D eigenvalue weighted by Crippen LogP contribution is -2.49. The molecule has 0 saturated carbocycles. The van der Waals surface area contributed by atoms with Crippen molar-refractivity contribution in [2.24, 2.45) is 0 Å². The van der Waals surface area contributed by atoms with Gasteiger partial charge < -0.3 is 4.90 Å². The minimum absolute atomic E-state index is 0.198. The predicted molar refractivity (Wildman–Crippen MR) is 96.5 cm³/mol. The van der Waals surface area contributed by atoms with Gasteiger partial charge in [0, 0.05) is 38.6 Å². The Bertz CT molecular complexity index is 1070. The third-order valence-electron chi connectivity index (χ3n) is 4.47. The Hall–Kier alpha value is -2.92. The highest BCUT2D eigenvalue weighted by Gasteiger charge is 2.29. The molecule has 28 heavy (non-hydrogen) atoms. The van der Waals surface area contributed by atoms with E-state index in [4.69, 9.17) is 0 Å². The van der Waals surface area contributed by atoms with E-state index in [0.717, 1.165) is 12.1 Å². The number of hydrogen-bond acceptors (Lipinski definition) is 6. The van der Waals surface area contributed by atoms with Gasteiger partial charge in [0.1, 0.15) is 0 Å². The molecule has 11 heteroatoms. The quantitative estimate of drug-likeness (QED) is 0.652. The van der Waals surface area contributed by atoms with Gasteiger partial charge in [0.25, 0.3) is 0 Å². The number of nitrogens with zero attached hydrogens (tertiary/aromatic N) is 6. The summed E-state index contributed by atoms with van der Waals surface area (Å²) in [6, 6.07) is 7.94. The summed E-state index contributed by atoms with van der Waals surface area (Å²) in [7, 11) is -3.89. The molecule has 146 valence electrons. The molecule has 0 bridgehead atoms. The molecule has 4 rings (SSSR count). The first kappa shape index (κ1) is 18.4. The lowest BCUT2D eigenvalue weighted by atomic mass is 10.3. The first-order chi connectivity index (χ1) is 13.4. The third-order valence-corrected chi connectivity index (χ3v) is 6.36. The molecule has 1 fully saturated rings. The van der Waals surface area contributed by atoms with Crippen LogP contribution < -0.4 is 4.90 Å². The Morgan fingerprint density at radius 3 is 2.21 bits per heavy atom. The zero-order chi connectivity index (χ0) is 19.7. The summed E-state index contributed by atoms with van der Waals surface area (Å²) in [5.41, 5.74) is 0. The second-order valence-electron chi connectivity index (χ2n) is 6.17. The van der Waals surface area contributed by atoms with Crippen molar-refractivity contribution in [1.82, 2.24) is 24.3 Å². The summed E-state index contributed by atoms with van der Waals surface area (Å²) in [4.78, 5) is 1.65. The van der Waals surface area contributed by atoms with Gasteiger partial charge in [-0.05, 0) is 36.4 Å². The van der Waals surface area contributed by atoms with E-state index in [-0.39, 0.29) is 18.0 Å². The highest BCUT2D eigenvalue weighted by Crippen LogP contribution is 2.21. The van der Waals surface area contributed by atoms with Crippen molar-refractivity contribution in [3.63, 3.8) is 0 Å². The first-order valence-electron chi connectivity index (χ1n) is 8.49. The van der Waals surface area contributed by atoms with Crippen LogP contribution in [0.5, 0.6) is 0 Å². The van der Waals surface area contributed by atoms with Gasteiger partial charge in [0.05, 0.1) is 4.90 Å². The molecule has 2 aromatic heterocycles. The fourth-order valence-electron chi connectivity index (χ4n) is 2.96. The average molecular weight is 406 g/mol. The standard InChI is InChI=1S/C17H16F2N6O2S/c18-14-3-2-13(12-15(14)19)28(26,27)24-10-8-23(9-11-24)16-4-5-17(22-21-16)25-7-1-6-20-25/h1-7,12H,8-11H2. The SMILES string of the molecule is O=S(=O)(c1ccc(F)c(F)c1)N1CCN(c2ccc(-n3cccn3)nn2)CC1. The Morgan fingerprint density at radius 2 is 1.61 bits per heavy atom. The second-order valence-corrected chi connectivity index (χ2v) is 8.11. The Balaban J connectivity index is 1.44. The zero-order valence-corrected chi connectivity index (χ0v) is 15.4. The molecule has 0 atom stereocenters. The maximum Gasteiger partial charge on any atom is 0.243 e. The van der Waals surface area contributed by atoms with Gasteiger partial charge in [-0.2, -0.15) is 9.40 Å². The maximum absolute atomic E-state index is 13.4. The smallest absolute Gasteiger partial charge is 0.243 e. The Morgan fingerprint density at radius 1 is 0.893 bits per heavy atom. The van der Waals surface area contributed by atoms with Crippen molar-refractivity contribution in [1.29, 1.82) is 0 Å². The van der Waals surface area contributed by atoms with Crippen LogP contribution in [0.2, 0.25) is 0 Å². The van der Waals surface area contributed by atoms with Gasteiger partial charge in [0.15, 0.2) is 23.3 Å². The van der Waals surface area contributed by atoms with E-state index >= 15 is 0 Å². The zero-order valence-electron chi connectivity index (χ0n) is 14.6. The molecule has 0 aliphatic carbocycles. The van der Waals surface area contributed by atoms with Crippen LogP contribution in [0, 0.1) is 11.6 Å². The van der Waals surface area contributed by atoms with Crippen molar-refractivity contribution >= 4 is 15.8 Å². The minimum atomic E-state index is -3.89. The number of anilines is 1. The second kappa shape index (κ2) is 7.24. The molecule has 3 aromatic rings. The average Bonchev–Trinajstić information content (AvgIpc) is 3.25. The number of aromatic nitrogens is 4. The topological polar surface area (TPSA) is 84.2 Å². The van der Waals surface area contributed by atoms with Gasteiger partial charge in [-0.3, -0.25) is 0 Å². The van der Waals surface area contributed by atoms with E-state index in [0.29, 0.717) is 30.8 Å². The summed E-state index contributed by atoms with van der Waals surface area (Å²) < 4.78 is 54.6. The van der Waals surface area contributed by atoms with Gasteiger partial charge in [-0.25, -0.2) is 21.9 Å². The van der Waals surface area contributed by atoms with Crippen molar-refractivity contribution in [2.75, 3.05) is 31.1 Å². The fraction of sp³-hybridized carbons (Fsp3) is 0.235. The summed E-state index contributed by atoms with van der Waals surface area (Å²) in [5, 5.41) is 12.4. The van der Waals surface area contributed by atoms with E-state index in [1.165, 1.54) is 4.31 Å². The third kappa shape index (κ3) is 3.45. The molecular formula is C17H16F2N6O2S. The molecule has 0 amide bonds. The van der Waals surface area contributed by atoms with Crippen LogP contribution >= 0.6 is 0 Å². The van der Waals surface area contributed by atoms with Crippen molar-refractivity contribution < 1.29 is 17.2 Å². The highest BCUT2D eigenvalue weighted by molar-refractivity contribution is 7.89. The molecule has 0 radical (unpaired) electrons. The van der Waals surface area contributed by atoms with Crippen LogP contribution in [-0.2, 0) is 10.0 Å². The van der Waals surface area contributed by atoms with Crippen LogP contribution in [0.1, 0.15) is 0 Å². The highest BCUT2D eigenvalue weighted by atomic mass is 32.2. The van der Waals surface area contributed by atoms with E-state index < -0.39 is 21.7 Å². The molecule has 0 N–H and O–H groups in total. The number of halogens is 2. The summed E-state index contributed by atoms with van der Waals surface area (Å²) in [6.07, 6.45) is 3.40. The number of sulfonamides is 1.